The predicted molar refractivity (Wildman–Crippen MR) is 104 cm³/mol. The lowest BCUT2D eigenvalue weighted by Crippen LogP contribution is -2.32. The van der Waals surface area contributed by atoms with Crippen molar-refractivity contribution >= 4 is 40.0 Å². The van der Waals surface area contributed by atoms with E-state index in [4.69, 9.17) is 34.8 Å². The molecule has 2 aromatic carbocycles. The molecule has 27 heavy (non-hydrogen) atoms. The Balaban J connectivity index is 2.15. The number of aromatic amines is 1. The average molecular weight is 425 g/mol. The summed E-state index contributed by atoms with van der Waals surface area (Å²) in [5.41, 5.74) is -1.16. The van der Waals surface area contributed by atoms with Gasteiger partial charge in [-0.3, -0.25) is 14.6 Å². The van der Waals surface area contributed by atoms with Gasteiger partial charge in [-0.05, 0) is 53.9 Å². The Bertz CT molecular complexity index is 1140. The quantitative estimate of drug-likeness (QED) is 0.651. The van der Waals surface area contributed by atoms with Crippen LogP contribution in [0.3, 0.4) is 0 Å². The molecule has 1 atom stereocenters. The maximum absolute atomic E-state index is 12.3. The fraction of sp³-hybridized carbons (Fsp3) is 0.111. The number of H-pyrrole nitrogens is 1. The van der Waals surface area contributed by atoms with E-state index >= 15 is 0 Å². The number of hydrogen-bond donors (Lipinski definition) is 1. The second-order valence-electron chi connectivity index (χ2n) is 5.92. The van der Waals surface area contributed by atoms with Crippen molar-refractivity contribution in [3.05, 3.63) is 90.7 Å². The molecule has 9 heteroatoms. The zero-order chi connectivity index (χ0) is 19.8. The molecule has 1 aromatic heterocycles. The smallest absolute Gasteiger partial charge is 0.280 e. The Kier molecular flexibility index (Phi) is 5.24. The van der Waals surface area contributed by atoms with Crippen LogP contribution in [0.1, 0.15) is 18.1 Å². The first-order valence-electron chi connectivity index (χ1n) is 7.68. The van der Waals surface area contributed by atoms with E-state index in [-0.39, 0.29) is 5.02 Å². The largest absolute Gasteiger partial charge is 0.349 e. The minimum Gasteiger partial charge on any atom is -0.280 e. The SMILES string of the molecule is CC(C(=O)Cl)(c1ccc(Cl)cc1)c1ccc(-n2ncc(=O)[nH]c2=O)cc1Cl. The minimum absolute atomic E-state index is 0.207. The molecule has 0 spiro atoms. The van der Waals surface area contributed by atoms with Crippen molar-refractivity contribution in [1.82, 2.24) is 14.8 Å². The molecule has 0 bridgehead atoms. The summed E-state index contributed by atoms with van der Waals surface area (Å²) >= 11 is 18.3. The van der Waals surface area contributed by atoms with E-state index < -0.39 is 21.9 Å². The highest BCUT2D eigenvalue weighted by atomic mass is 35.5. The topological polar surface area (TPSA) is 84.8 Å². The van der Waals surface area contributed by atoms with E-state index in [1.54, 1.807) is 43.3 Å². The standard InChI is InChI=1S/C18H12Cl3N3O3/c1-18(16(21)26,10-2-4-11(19)5-3-10)13-7-6-12(8-14(13)20)24-17(27)23-15(25)9-22-24/h2-9H,1H3,(H,23,25,27). The Hall–Kier alpha value is -2.41. The third-order valence-electron chi connectivity index (χ3n) is 4.26. The molecule has 1 unspecified atom stereocenters. The van der Waals surface area contributed by atoms with E-state index in [0.29, 0.717) is 21.8 Å². The molecular formula is C18H12Cl3N3O3. The van der Waals surface area contributed by atoms with Gasteiger partial charge in [0.25, 0.3) is 5.56 Å². The van der Waals surface area contributed by atoms with Gasteiger partial charge in [-0.2, -0.15) is 9.78 Å². The highest BCUT2D eigenvalue weighted by molar-refractivity contribution is 6.66. The third kappa shape index (κ3) is 3.56. The van der Waals surface area contributed by atoms with E-state index in [0.717, 1.165) is 10.9 Å². The van der Waals surface area contributed by atoms with Gasteiger partial charge in [-0.15, -0.1) is 0 Å². The second kappa shape index (κ2) is 7.31. The van der Waals surface area contributed by atoms with Crippen LogP contribution in [-0.4, -0.2) is 20.0 Å². The highest BCUT2D eigenvalue weighted by Gasteiger charge is 2.37. The fourth-order valence-corrected chi connectivity index (χ4v) is 3.44. The van der Waals surface area contributed by atoms with Crippen molar-refractivity contribution in [2.24, 2.45) is 0 Å². The van der Waals surface area contributed by atoms with Crippen LogP contribution in [-0.2, 0) is 10.2 Å². The van der Waals surface area contributed by atoms with Crippen molar-refractivity contribution in [1.29, 1.82) is 0 Å². The summed E-state index contributed by atoms with van der Waals surface area (Å²) in [5, 5.41) is 3.88. The van der Waals surface area contributed by atoms with Crippen molar-refractivity contribution in [3.8, 4) is 5.69 Å². The molecule has 0 aliphatic carbocycles. The maximum atomic E-state index is 12.3. The zero-order valence-electron chi connectivity index (χ0n) is 13.9. The Morgan fingerprint density at radius 3 is 2.33 bits per heavy atom. The van der Waals surface area contributed by atoms with Gasteiger partial charge in [0, 0.05) is 10.0 Å². The number of carbonyl (C=O) groups excluding carboxylic acids is 1. The van der Waals surface area contributed by atoms with Crippen molar-refractivity contribution in [2.75, 3.05) is 0 Å². The lowest BCUT2D eigenvalue weighted by atomic mass is 9.77. The molecule has 138 valence electrons. The van der Waals surface area contributed by atoms with Gasteiger partial charge in [-0.25, -0.2) is 4.79 Å². The normalized spacial score (nSPS) is 13.2. The number of hydrogen-bond acceptors (Lipinski definition) is 4. The monoisotopic (exact) mass is 423 g/mol. The third-order valence-corrected chi connectivity index (χ3v) is 5.21. The summed E-state index contributed by atoms with van der Waals surface area (Å²) < 4.78 is 0.985. The van der Waals surface area contributed by atoms with Crippen molar-refractivity contribution in [2.45, 2.75) is 12.3 Å². The van der Waals surface area contributed by atoms with Gasteiger partial charge in [0.15, 0.2) is 0 Å². The van der Waals surface area contributed by atoms with Crippen LogP contribution in [0.4, 0.5) is 0 Å². The summed E-state index contributed by atoms with van der Waals surface area (Å²) in [4.78, 5) is 37.5. The molecule has 0 aliphatic rings. The summed E-state index contributed by atoms with van der Waals surface area (Å²) in [7, 11) is 0. The van der Waals surface area contributed by atoms with Crippen molar-refractivity contribution in [3.63, 3.8) is 0 Å². The summed E-state index contributed by atoms with van der Waals surface area (Å²) in [6.45, 7) is 1.65. The number of carbonyl (C=O) groups is 1. The molecule has 0 saturated heterocycles. The first kappa shape index (κ1) is 19.4. The molecule has 6 nitrogen and oxygen atoms in total. The first-order chi connectivity index (χ1) is 12.7. The van der Waals surface area contributed by atoms with Gasteiger partial charge >= 0.3 is 5.69 Å². The average Bonchev–Trinajstić information content (AvgIpc) is 2.61. The molecule has 0 aliphatic heterocycles. The first-order valence-corrected chi connectivity index (χ1v) is 8.82. The number of halogens is 3. The van der Waals surface area contributed by atoms with Crippen LogP contribution in [0.2, 0.25) is 10.0 Å². The molecule has 0 saturated carbocycles. The van der Waals surface area contributed by atoms with Crippen molar-refractivity contribution < 1.29 is 4.79 Å². The number of aromatic nitrogens is 3. The zero-order valence-corrected chi connectivity index (χ0v) is 16.1. The maximum Gasteiger partial charge on any atom is 0.349 e. The molecule has 1 heterocycles. The molecular weight excluding hydrogens is 413 g/mol. The Morgan fingerprint density at radius 1 is 1.11 bits per heavy atom. The van der Waals surface area contributed by atoms with Crippen LogP contribution in [0.25, 0.3) is 5.69 Å². The van der Waals surface area contributed by atoms with Gasteiger partial charge < -0.3 is 0 Å². The lowest BCUT2D eigenvalue weighted by Gasteiger charge is -2.28. The number of rotatable bonds is 4. The van der Waals surface area contributed by atoms with E-state index in [1.807, 2.05) is 0 Å². The molecule has 0 radical (unpaired) electrons. The lowest BCUT2D eigenvalue weighted by molar-refractivity contribution is -0.115. The molecule has 0 amide bonds. The predicted octanol–water partition coefficient (Wildman–Crippen LogP) is 3.30. The Morgan fingerprint density at radius 2 is 1.78 bits per heavy atom. The van der Waals surface area contributed by atoms with Crippen LogP contribution in [0.15, 0.2) is 58.3 Å². The molecule has 3 aromatic rings. The Labute approximate surface area is 168 Å². The number of nitrogens with zero attached hydrogens (tertiary/aromatic N) is 2. The van der Waals surface area contributed by atoms with Crippen LogP contribution < -0.4 is 11.2 Å². The molecule has 3 rings (SSSR count). The van der Waals surface area contributed by atoms with E-state index in [1.165, 1.54) is 6.07 Å². The second-order valence-corrected chi connectivity index (χ2v) is 7.11. The summed E-state index contributed by atoms with van der Waals surface area (Å²) in [6.07, 6.45) is 0.976. The van der Waals surface area contributed by atoms with E-state index in [9.17, 15) is 14.4 Å². The molecule has 1 N–H and O–H groups in total. The fourth-order valence-electron chi connectivity index (χ4n) is 2.74. The highest BCUT2D eigenvalue weighted by Crippen LogP contribution is 2.39. The summed E-state index contributed by atoms with van der Waals surface area (Å²) in [5.74, 6) is 0. The number of nitrogens with one attached hydrogen (secondary N) is 1. The van der Waals surface area contributed by atoms with E-state index in [2.05, 4.69) is 10.1 Å². The van der Waals surface area contributed by atoms with Crippen LogP contribution in [0, 0.1) is 0 Å². The van der Waals surface area contributed by atoms with Crippen LogP contribution in [0.5, 0.6) is 0 Å². The molecule has 0 fully saturated rings. The summed E-state index contributed by atoms with van der Waals surface area (Å²) in [6, 6.07) is 11.3. The van der Waals surface area contributed by atoms with Gasteiger partial charge in [0.2, 0.25) is 5.24 Å². The van der Waals surface area contributed by atoms with Gasteiger partial charge in [0.05, 0.1) is 11.1 Å². The van der Waals surface area contributed by atoms with Crippen LogP contribution >= 0.6 is 34.8 Å². The van der Waals surface area contributed by atoms with Gasteiger partial charge in [-0.1, -0.05) is 41.4 Å². The number of benzene rings is 2. The van der Waals surface area contributed by atoms with Gasteiger partial charge in [0.1, 0.15) is 6.20 Å². The minimum atomic E-state index is -1.23.